The molecule has 1 heterocycles. The van der Waals surface area contributed by atoms with Gasteiger partial charge in [-0.15, -0.1) is 0 Å². The number of hydrogen-bond acceptors (Lipinski definition) is 3. The molecule has 0 unspecified atom stereocenters. The zero-order valence-electron chi connectivity index (χ0n) is 15.0. The summed E-state index contributed by atoms with van der Waals surface area (Å²) in [4.78, 5) is 27.4. The second-order valence-electron chi connectivity index (χ2n) is 7.05. The van der Waals surface area contributed by atoms with Gasteiger partial charge in [-0.2, -0.15) is 0 Å². The van der Waals surface area contributed by atoms with Gasteiger partial charge in [0.25, 0.3) is 5.91 Å². The van der Waals surface area contributed by atoms with Crippen molar-refractivity contribution >= 4 is 11.9 Å². The van der Waals surface area contributed by atoms with Gasteiger partial charge in [-0.1, -0.05) is 42.0 Å². The highest BCUT2D eigenvalue weighted by molar-refractivity contribution is 6.07. The molecule has 2 aromatic carbocycles. The van der Waals surface area contributed by atoms with Crippen LogP contribution in [0.15, 0.2) is 42.5 Å². The number of carbonyl (C=O) groups is 2. The summed E-state index contributed by atoms with van der Waals surface area (Å²) in [6.07, 6.45) is 2.45. The molecule has 5 heteroatoms. The predicted octanol–water partition coefficient (Wildman–Crippen LogP) is 3.29. The van der Waals surface area contributed by atoms with Crippen molar-refractivity contribution < 1.29 is 14.3 Å². The molecule has 4 rings (SSSR count). The lowest BCUT2D eigenvalue weighted by Gasteiger charge is -2.33. The van der Waals surface area contributed by atoms with E-state index < -0.39 is 5.54 Å². The highest BCUT2D eigenvalue weighted by atomic mass is 16.5. The fourth-order valence-corrected chi connectivity index (χ4v) is 4.16. The number of urea groups is 1. The molecule has 26 heavy (non-hydrogen) atoms. The maximum atomic E-state index is 13.3. The van der Waals surface area contributed by atoms with E-state index in [0.717, 1.165) is 35.1 Å². The number of methoxy groups -OCH3 is 1. The van der Waals surface area contributed by atoms with E-state index in [2.05, 4.69) is 5.32 Å². The molecular formula is C21H22N2O3. The standard InChI is InChI=1S/C21H22N2O3/c1-14-9-10-18(26-2)16(12-14)13-23-19(24)21(22-20(23)25)11-5-7-15-6-3-4-8-17(15)21/h3-4,6,8-10,12H,5,7,11,13H2,1-2H3,(H,22,25)/t21-/m1/s1. The third-order valence-electron chi connectivity index (χ3n) is 5.42. The van der Waals surface area contributed by atoms with Crippen LogP contribution < -0.4 is 10.1 Å². The maximum absolute atomic E-state index is 13.3. The molecule has 1 fully saturated rings. The molecule has 0 saturated carbocycles. The van der Waals surface area contributed by atoms with E-state index >= 15 is 0 Å². The van der Waals surface area contributed by atoms with E-state index in [0.29, 0.717) is 12.2 Å². The number of benzene rings is 2. The largest absolute Gasteiger partial charge is 0.496 e. The maximum Gasteiger partial charge on any atom is 0.325 e. The molecule has 5 nitrogen and oxygen atoms in total. The Morgan fingerprint density at radius 3 is 2.81 bits per heavy atom. The topological polar surface area (TPSA) is 58.6 Å². The monoisotopic (exact) mass is 350 g/mol. The minimum absolute atomic E-state index is 0.168. The molecule has 2 aliphatic rings. The zero-order valence-corrected chi connectivity index (χ0v) is 15.0. The van der Waals surface area contributed by atoms with Crippen LogP contribution in [0.1, 0.15) is 35.1 Å². The molecule has 0 aromatic heterocycles. The van der Waals surface area contributed by atoms with E-state index in [1.807, 2.05) is 49.4 Å². The van der Waals surface area contributed by atoms with Gasteiger partial charge in [0.2, 0.25) is 0 Å². The van der Waals surface area contributed by atoms with Crippen molar-refractivity contribution in [2.75, 3.05) is 7.11 Å². The Kier molecular flexibility index (Phi) is 3.94. The molecule has 2 aromatic rings. The van der Waals surface area contributed by atoms with E-state index in [1.54, 1.807) is 7.11 Å². The summed E-state index contributed by atoms with van der Waals surface area (Å²) in [5, 5.41) is 2.99. The number of rotatable bonds is 3. The molecule has 3 amide bonds. The third-order valence-corrected chi connectivity index (χ3v) is 5.42. The number of aryl methyl sites for hydroxylation is 2. The van der Waals surface area contributed by atoms with Crippen LogP contribution in [-0.4, -0.2) is 23.9 Å². The predicted molar refractivity (Wildman–Crippen MR) is 97.9 cm³/mol. The first-order valence-electron chi connectivity index (χ1n) is 8.91. The van der Waals surface area contributed by atoms with Crippen molar-refractivity contribution in [1.29, 1.82) is 0 Å². The number of amides is 3. The summed E-state index contributed by atoms with van der Waals surface area (Å²) in [5.41, 5.74) is 3.04. The van der Waals surface area contributed by atoms with Gasteiger partial charge < -0.3 is 10.1 Å². The molecular weight excluding hydrogens is 328 g/mol. The Balaban J connectivity index is 1.71. The van der Waals surface area contributed by atoms with Crippen molar-refractivity contribution in [1.82, 2.24) is 10.2 Å². The Morgan fingerprint density at radius 2 is 2.00 bits per heavy atom. The summed E-state index contributed by atoms with van der Waals surface area (Å²) in [6.45, 7) is 2.19. The third kappa shape index (κ3) is 2.46. The average molecular weight is 350 g/mol. The lowest BCUT2D eigenvalue weighted by atomic mass is 9.76. The summed E-state index contributed by atoms with van der Waals surface area (Å²) < 4.78 is 5.40. The molecule has 0 bridgehead atoms. The van der Waals surface area contributed by atoms with Crippen LogP contribution in [-0.2, 0) is 23.3 Å². The first-order chi connectivity index (χ1) is 12.5. The van der Waals surface area contributed by atoms with Gasteiger partial charge in [-0.05, 0) is 43.4 Å². The SMILES string of the molecule is COc1ccc(C)cc1CN1C(=O)N[C@@]2(CCCc3ccccc32)C1=O. The van der Waals surface area contributed by atoms with Crippen LogP contribution in [0.4, 0.5) is 4.79 Å². The van der Waals surface area contributed by atoms with Gasteiger partial charge >= 0.3 is 6.03 Å². The highest BCUT2D eigenvalue weighted by Crippen LogP contribution is 2.40. The lowest BCUT2D eigenvalue weighted by molar-refractivity contribution is -0.132. The fourth-order valence-electron chi connectivity index (χ4n) is 4.16. The van der Waals surface area contributed by atoms with Crippen LogP contribution in [0.3, 0.4) is 0 Å². The first kappa shape index (κ1) is 16.6. The summed E-state index contributed by atoms with van der Waals surface area (Å²) in [5.74, 6) is 0.513. The number of imide groups is 1. The smallest absolute Gasteiger partial charge is 0.325 e. The van der Waals surface area contributed by atoms with Crippen molar-refractivity contribution in [3.8, 4) is 5.75 Å². The van der Waals surface area contributed by atoms with Crippen LogP contribution in [0.2, 0.25) is 0 Å². The lowest BCUT2D eigenvalue weighted by Crippen LogP contribution is -2.46. The van der Waals surface area contributed by atoms with Gasteiger partial charge in [-0.25, -0.2) is 4.79 Å². The van der Waals surface area contributed by atoms with Crippen molar-refractivity contribution in [3.05, 3.63) is 64.7 Å². The van der Waals surface area contributed by atoms with Gasteiger partial charge in [-0.3, -0.25) is 9.69 Å². The molecule has 1 spiro atoms. The second-order valence-corrected chi connectivity index (χ2v) is 7.05. The Labute approximate surface area is 153 Å². The minimum atomic E-state index is -0.928. The molecule has 1 aliphatic carbocycles. The van der Waals surface area contributed by atoms with E-state index in [9.17, 15) is 9.59 Å². The first-order valence-corrected chi connectivity index (χ1v) is 8.91. The zero-order chi connectivity index (χ0) is 18.3. The van der Waals surface area contributed by atoms with E-state index in [1.165, 1.54) is 4.90 Å². The minimum Gasteiger partial charge on any atom is -0.496 e. The second kappa shape index (κ2) is 6.16. The number of ether oxygens (including phenoxy) is 1. The molecule has 1 aliphatic heterocycles. The van der Waals surface area contributed by atoms with Crippen LogP contribution >= 0.6 is 0 Å². The summed E-state index contributed by atoms with van der Waals surface area (Å²) in [6, 6.07) is 13.4. The van der Waals surface area contributed by atoms with Crippen molar-refractivity contribution in [3.63, 3.8) is 0 Å². The Bertz CT molecular complexity index is 893. The highest BCUT2D eigenvalue weighted by Gasteiger charge is 2.53. The molecule has 1 saturated heterocycles. The Hall–Kier alpha value is -2.82. The number of nitrogens with zero attached hydrogens (tertiary/aromatic N) is 1. The fraction of sp³-hybridized carbons (Fsp3) is 0.333. The summed E-state index contributed by atoms with van der Waals surface area (Å²) in [7, 11) is 1.60. The quantitative estimate of drug-likeness (QED) is 0.864. The molecule has 1 atom stereocenters. The van der Waals surface area contributed by atoms with Gasteiger partial charge in [0, 0.05) is 5.56 Å². The molecule has 134 valence electrons. The van der Waals surface area contributed by atoms with E-state index in [4.69, 9.17) is 4.74 Å². The van der Waals surface area contributed by atoms with Crippen LogP contribution in [0.5, 0.6) is 5.75 Å². The van der Waals surface area contributed by atoms with Gasteiger partial charge in [0.05, 0.1) is 13.7 Å². The van der Waals surface area contributed by atoms with Gasteiger partial charge in [0.15, 0.2) is 0 Å². The van der Waals surface area contributed by atoms with Crippen LogP contribution in [0, 0.1) is 6.92 Å². The molecule has 1 N–H and O–H groups in total. The number of fused-ring (bicyclic) bond motifs is 2. The Morgan fingerprint density at radius 1 is 1.19 bits per heavy atom. The van der Waals surface area contributed by atoms with Crippen molar-refractivity contribution in [2.45, 2.75) is 38.3 Å². The molecule has 0 radical (unpaired) electrons. The average Bonchev–Trinajstić information content (AvgIpc) is 2.87. The number of carbonyl (C=O) groups excluding carboxylic acids is 2. The number of nitrogens with one attached hydrogen (secondary N) is 1. The van der Waals surface area contributed by atoms with Crippen LogP contribution in [0.25, 0.3) is 0 Å². The van der Waals surface area contributed by atoms with Gasteiger partial charge in [0.1, 0.15) is 11.3 Å². The number of hydrogen-bond donors (Lipinski definition) is 1. The summed E-state index contributed by atoms with van der Waals surface area (Å²) >= 11 is 0. The van der Waals surface area contributed by atoms with Crippen molar-refractivity contribution in [2.24, 2.45) is 0 Å². The normalized spacial score (nSPS) is 21.7. The van der Waals surface area contributed by atoms with E-state index in [-0.39, 0.29) is 18.5 Å².